The summed E-state index contributed by atoms with van der Waals surface area (Å²) in [5, 5.41) is 6.63. The second-order valence-electron chi connectivity index (χ2n) is 6.78. The molecule has 0 saturated carbocycles. The number of nitrogens with one attached hydrogen (secondary N) is 2. The van der Waals surface area contributed by atoms with E-state index in [0.29, 0.717) is 0 Å². The molecule has 3 aromatic carbocycles. The summed E-state index contributed by atoms with van der Waals surface area (Å²) in [6.45, 7) is 9.42. The number of hydrogen-bond acceptors (Lipinski definition) is 4. The molecular weight excluding hydrogens is 380 g/mol. The van der Waals surface area contributed by atoms with E-state index in [1.807, 2.05) is 91.9 Å². The largest absolute Gasteiger partial charge is 0.356 e. The zero-order chi connectivity index (χ0) is 21.9. The van der Waals surface area contributed by atoms with E-state index in [9.17, 15) is 0 Å². The van der Waals surface area contributed by atoms with Gasteiger partial charge in [0.05, 0.1) is 17.1 Å². The van der Waals surface area contributed by atoms with Crippen LogP contribution in [0.5, 0.6) is 0 Å². The highest BCUT2D eigenvalue weighted by Gasteiger charge is 1.97. The van der Waals surface area contributed by atoms with E-state index >= 15 is 0 Å². The molecule has 0 heterocycles. The van der Waals surface area contributed by atoms with Gasteiger partial charge in [-0.1, -0.05) is 37.4 Å². The summed E-state index contributed by atoms with van der Waals surface area (Å²) in [5.74, 6) is 0. The van der Waals surface area contributed by atoms with Gasteiger partial charge in [-0.15, -0.1) is 0 Å². The minimum Gasteiger partial charge on any atom is -0.356 e. The molecule has 0 aliphatic rings. The topological polar surface area (TPSA) is 48.8 Å². The zero-order valence-electron chi connectivity index (χ0n) is 17.6. The van der Waals surface area contributed by atoms with E-state index in [0.717, 1.165) is 39.8 Å². The molecule has 3 aromatic rings. The monoisotopic (exact) mass is 406 g/mol. The van der Waals surface area contributed by atoms with Gasteiger partial charge in [0.15, 0.2) is 0 Å². The highest BCUT2D eigenvalue weighted by Crippen LogP contribution is 2.21. The van der Waals surface area contributed by atoms with E-state index in [-0.39, 0.29) is 0 Å². The second kappa shape index (κ2) is 11.1. The SMILES string of the molecule is C=C/C=C(\C=C)Nc1ccc(N=CC(C)=Nc2ccc(Nc3ccccc3)cc2)cc1. The van der Waals surface area contributed by atoms with Gasteiger partial charge in [0.2, 0.25) is 0 Å². The number of nitrogens with zero attached hydrogens (tertiary/aromatic N) is 2. The van der Waals surface area contributed by atoms with Crippen LogP contribution in [0.3, 0.4) is 0 Å². The van der Waals surface area contributed by atoms with E-state index in [4.69, 9.17) is 0 Å². The number of anilines is 3. The Kier molecular flexibility index (Phi) is 7.72. The molecule has 0 atom stereocenters. The van der Waals surface area contributed by atoms with Gasteiger partial charge < -0.3 is 10.6 Å². The van der Waals surface area contributed by atoms with Crippen molar-refractivity contribution in [3.05, 3.63) is 116 Å². The van der Waals surface area contributed by atoms with Crippen LogP contribution in [0.15, 0.2) is 126 Å². The fraction of sp³-hybridized carbons (Fsp3) is 0.0370. The lowest BCUT2D eigenvalue weighted by Crippen LogP contribution is -1.95. The molecule has 0 unspecified atom stereocenters. The normalized spacial score (nSPS) is 11.9. The summed E-state index contributed by atoms with van der Waals surface area (Å²) >= 11 is 0. The third kappa shape index (κ3) is 6.98. The summed E-state index contributed by atoms with van der Waals surface area (Å²) in [5.41, 5.74) is 6.49. The van der Waals surface area contributed by atoms with E-state index in [2.05, 4.69) is 33.8 Å². The van der Waals surface area contributed by atoms with Crippen molar-refractivity contribution in [2.45, 2.75) is 6.92 Å². The molecular formula is C27H26N4. The lowest BCUT2D eigenvalue weighted by atomic mass is 10.2. The van der Waals surface area contributed by atoms with Crippen molar-refractivity contribution in [2.75, 3.05) is 10.6 Å². The Morgan fingerprint density at radius 3 is 2.03 bits per heavy atom. The molecule has 3 rings (SSSR count). The Bertz CT molecular complexity index is 1090. The molecule has 0 radical (unpaired) electrons. The third-order valence-electron chi connectivity index (χ3n) is 4.31. The Morgan fingerprint density at radius 1 is 0.774 bits per heavy atom. The number of allylic oxidation sites excluding steroid dienone is 3. The van der Waals surface area contributed by atoms with E-state index in [1.54, 1.807) is 18.4 Å². The van der Waals surface area contributed by atoms with Crippen LogP contribution in [-0.2, 0) is 0 Å². The predicted molar refractivity (Wildman–Crippen MR) is 136 cm³/mol. The summed E-state index contributed by atoms with van der Waals surface area (Å²) in [4.78, 5) is 9.12. The molecule has 0 amide bonds. The lowest BCUT2D eigenvalue weighted by molar-refractivity contribution is 1.46. The summed E-state index contributed by atoms with van der Waals surface area (Å²) in [6, 6.07) is 25.9. The number of aliphatic imine (C=N–C) groups is 2. The van der Waals surface area contributed by atoms with Gasteiger partial charge >= 0.3 is 0 Å². The third-order valence-corrected chi connectivity index (χ3v) is 4.31. The van der Waals surface area contributed by atoms with Crippen molar-refractivity contribution in [3.8, 4) is 0 Å². The average Bonchev–Trinajstić information content (AvgIpc) is 2.80. The van der Waals surface area contributed by atoms with Crippen LogP contribution in [0.25, 0.3) is 0 Å². The lowest BCUT2D eigenvalue weighted by Gasteiger charge is -2.06. The van der Waals surface area contributed by atoms with Gasteiger partial charge in [0.25, 0.3) is 0 Å². The summed E-state index contributed by atoms with van der Waals surface area (Å²) in [6.07, 6.45) is 7.10. The first-order valence-corrected chi connectivity index (χ1v) is 10.00. The highest BCUT2D eigenvalue weighted by atomic mass is 14.9. The van der Waals surface area contributed by atoms with Crippen molar-refractivity contribution >= 4 is 40.4 Å². The maximum absolute atomic E-state index is 4.61. The van der Waals surface area contributed by atoms with Crippen LogP contribution >= 0.6 is 0 Å². The smallest absolute Gasteiger partial charge is 0.0635 e. The minimum absolute atomic E-state index is 0.828. The molecule has 4 heteroatoms. The number of rotatable bonds is 9. The van der Waals surface area contributed by atoms with Gasteiger partial charge in [0, 0.05) is 29.0 Å². The molecule has 154 valence electrons. The fourth-order valence-corrected chi connectivity index (χ4v) is 2.79. The van der Waals surface area contributed by atoms with Crippen LogP contribution in [0, 0.1) is 0 Å². The van der Waals surface area contributed by atoms with Crippen molar-refractivity contribution in [2.24, 2.45) is 9.98 Å². The van der Waals surface area contributed by atoms with Gasteiger partial charge in [0.1, 0.15) is 0 Å². The molecule has 0 fully saturated rings. The van der Waals surface area contributed by atoms with Gasteiger partial charge in [-0.3, -0.25) is 9.98 Å². The zero-order valence-corrected chi connectivity index (χ0v) is 17.6. The molecule has 0 bridgehead atoms. The van der Waals surface area contributed by atoms with Crippen molar-refractivity contribution in [3.63, 3.8) is 0 Å². The molecule has 0 aromatic heterocycles. The molecule has 4 nitrogen and oxygen atoms in total. The van der Waals surface area contributed by atoms with Crippen molar-refractivity contribution < 1.29 is 0 Å². The molecule has 2 N–H and O–H groups in total. The minimum atomic E-state index is 0.828. The Morgan fingerprint density at radius 2 is 1.39 bits per heavy atom. The standard InChI is InChI=1S/C27H26N4/c1-4-9-22(5-2)30-26-14-12-23(13-15-26)28-20-21(3)29-25-16-18-27(19-17-25)31-24-10-7-6-8-11-24/h4-20,30-31H,1-2H2,3H3/b22-9+,28-20?,29-21?. The fourth-order valence-electron chi connectivity index (χ4n) is 2.79. The average molecular weight is 407 g/mol. The molecule has 0 spiro atoms. The quantitative estimate of drug-likeness (QED) is 0.284. The van der Waals surface area contributed by atoms with Crippen LogP contribution in [0.1, 0.15) is 6.92 Å². The number of benzene rings is 3. The molecule has 0 aliphatic heterocycles. The summed E-state index contributed by atoms with van der Waals surface area (Å²) in [7, 11) is 0. The van der Waals surface area contributed by atoms with E-state index in [1.165, 1.54) is 0 Å². The maximum atomic E-state index is 4.61. The van der Waals surface area contributed by atoms with Gasteiger partial charge in [-0.05, 0) is 79.7 Å². The molecule has 31 heavy (non-hydrogen) atoms. The first kappa shape index (κ1) is 21.5. The summed E-state index contributed by atoms with van der Waals surface area (Å²) < 4.78 is 0. The Labute approximate surface area is 184 Å². The van der Waals surface area contributed by atoms with Crippen molar-refractivity contribution in [1.29, 1.82) is 0 Å². The van der Waals surface area contributed by atoms with Crippen molar-refractivity contribution in [1.82, 2.24) is 0 Å². The molecule has 0 saturated heterocycles. The first-order chi connectivity index (χ1) is 15.2. The van der Waals surface area contributed by atoms with Gasteiger partial charge in [-0.2, -0.15) is 0 Å². The van der Waals surface area contributed by atoms with Crippen LogP contribution < -0.4 is 10.6 Å². The Balaban J connectivity index is 1.60. The van der Waals surface area contributed by atoms with Crippen LogP contribution in [-0.4, -0.2) is 11.9 Å². The van der Waals surface area contributed by atoms with E-state index < -0.39 is 0 Å². The first-order valence-electron chi connectivity index (χ1n) is 10.00. The molecule has 0 aliphatic carbocycles. The van der Waals surface area contributed by atoms with Crippen LogP contribution in [0.2, 0.25) is 0 Å². The predicted octanol–water partition coefficient (Wildman–Crippen LogP) is 7.59. The number of hydrogen-bond donors (Lipinski definition) is 2. The second-order valence-corrected chi connectivity index (χ2v) is 6.78. The van der Waals surface area contributed by atoms with Crippen LogP contribution in [0.4, 0.5) is 28.4 Å². The highest BCUT2D eigenvalue weighted by molar-refractivity contribution is 6.30. The maximum Gasteiger partial charge on any atom is 0.0635 e. The number of para-hydroxylation sites is 1. The Hall–Kier alpha value is -4.18. The van der Waals surface area contributed by atoms with Gasteiger partial charge in [-0.25, -0.2) is 0 Å².